The van der Waals surface area contributed by atoms with Gasteiger partial charge in [0.2, 0.25) is 0 Å². The van der Waals surface area contributed by atoms with E-state index in [1.54, 1.807) is 0 Å². The molecule has 0 saturated carbocycles. The van der Waals surface area contributed by atoms with Crippen LogP contribution in [-0.2, 0) is 0 Å². The fourth-order valence-electron chi connectivity index (χ4n) is 1.50. The number of urea groups is 1. The molecule has 0 aliphatic heterocycles. The van der Waals surface area contributed by atoms with Gasteiger partial charge in [0.25, 0.3) is 0 Å². The Morgan fingerprint density at radius 2 is 1.88 bits per heavy atom. The molecule has 1 aromatic carbocycles. The molecular formula is C13H21N3O. The first-order valence-corrected chi connectivity index (χ1v) is 5.73. The van der Waals surface area contributed by atoms with Crippen molar-refractivity contribution in [3.8, 4) is 0 Å². The average Bonchev–Trinajstić information content (AvgIpc) is 2.14. The van der Waals surface area contributed by atoms with E-state index in [-0.39, 0.29) is 17.6 Å². The number of amides is 2. The van der Waals surface area contributed by atoms with Crippen LogP contribution in [-0.4, -0.2) is 11.6 Å². The van der Waals surface area contributed by atoms with Crippen molar-refractivity contribution in [2.75, 3.05) is 5.32 Å². The SMILES string of the molecule is CC(N)c1ccccc1NC(=O)NC(C)(C)C. The molecule has 94 valence electrons. The number of hydrogen-bond donors (Lipinski definition) is 3. The van der Waals surface area contributed by atoms with Gasteiger partial charge in [-0.05, 0) is 39.3 Å². The summed E-state index contributed by atoms with van der Waals surface area (Å²) < 4.78 is 0. The monoisotopic (exact) mass is 235 g/mol. The number of benzene rings is 1. The predicted octanol–water partition coefficient (Wildman–Crippen LogP) is 2.63. The number of para-hydroxylation sites is 1. The summed E-state index contributed by atoms with van der Waals surface area (Å²) in [5.74, 6) is 0. The summed E-state index contributed by atoms with van der Waals surface area (Å²) in [6, 6.07) is 7.22. The molecule has 0 heterocycles. The van der Waals surface area contributed by atoms with E-state index in [1.807, 2.05) is 52.0 Å². The number of nitrogens with one attached hydrogen (secondary N) is 2. The van der Waals surface area contributed by atoms with E-state index in [0.29, 0.717) is 0 Å². The quantitative estimate of drug-likeness (QED) is 0.737. The molecule has 1 unspecified atom stereocenters. The lowest BCUT2D eigenvalue weighted by atomic mass is 10.1. The Morgan fingerprint density at radius 3 is 2.41 bits per heavy atom. The normalized spacial score (nSPS) is 13.0. The van der Waals surface area contributed by atoms with Gasteiger partial charge < -0.3 is 16.4 Å². The van der Waals surface area contributed by atoms with E-state index in [4.69, 9.17) is 5.73 Å². The van der Waals surface area contributed by atoms with Crippen molar-refractivity contribution in [2.24, 2.45) is 5.73 Å². The summed E-state index contributed by atoms with van der Waals surface area (Å²) in [5.41, 5.74) is 7.27. The first-order valence-electron chi connectivity index (χ1n) is 5.73. The van der Waals surface area contributed by atoms with Crippen LogP contribution in [0, 0.1) is 0 Å². The number of carbonyl (C=O) groups excluding carboxylic acids is 1. The van der Waals surface area contributed by atoms with Crippen LogP contribution in [0.25, 0.3) is 0 Å². The Labute approximate surface area is 103 Å². The van der Waals surface area contributed by atoms with E-state index in [9.17, 15) is 4.79 Å². The molecule has 4 heteroatoms. The Kier molecular flexibility index (Phi) is 4.12. The van der Waals surface area contributed by atoms with Crippen LogP contribution in [0.5, 0.6) is 0 Å². The molecular weight excluding hydrogens is 214 g/mol. The smallest absolute Gasteiger partial charge is 0.319 e. The Balaban J connectivity index is 2.78. The minimum Gasteiger partial charge on any atom is -0.333 e. The summed E-state index contributed by atoms with van der Waals surface area (Å²) in [6.45, 7) is 7.69. The molecule has 0 fully saturated rings. The molecule has 2 amide bonds. The van der Waals surface area contributed by atoms with E-state index in [2.05, 4.69) is 10.6 Å². The summed E-state index contributed by atoms with van der Waals surface area (Å²) in [4.78, 5) is 11.7. The third-order valence-corrected chi connectivity index (χ3v) is 2.19. The lowest BCUT2D eigenvalue weighted by Crippen LogP contribution is -2.43. The number of hydrogen-bond acceptors (Lipinski definition) is 2. The van der Waals surface area contributed by atoms with E-state index >= 15 is 0 Å². The highest BCUT2D eigenvalue weighted by atomic mass is 16.2. The number of rotatable bonds is 2. The summed E-state index contributed by atoms with van der Waals surface area (Å²) in [6.07, 6.45) is 0. The van der Waals surface area contributed by atoms with E-state index in [0.717, 1.165) is 11.3 Å². The zero-order valence-electron chi connectivity index (χ0n) is 10.9. The van der Waals surface area contributed by atoms with Crippen LogP contribution in [0.1, 0.15) is 39.3 Å². The molecule has 0 aromatic heterocycles. The maximum absolute atomic E-state index is 11.7. The van der Waals surface area contributed by atoms with Crippen molar-refractivity contribution in [1.82, 2.24) is 5.32 Å². The lowest BCUT2D eigenvalue weighted by molar-refractivity contribution is 0.244. The summed E-state index contributed by atoms with van der Waals surface area (Å²) in [5, 5.41) is 5.66. The largest absolute Gasteiger partial charge is 0.333 e. The van der Waals surface area contributed by atoms with Gasteiger partial charge in [0, 0.05) is 17.3 Å². The van der Waals surface area contributed by atoms with Gasteiger partial charge in [0.1, 0.15) is 0 Å². The average molecular weight is 235 g/mol. The highest BCUT2D eigenvalue weighted by Crippen LogP contribution is 2.20. The van der Waals surface area contributed by atoms with Crippen molar-refractivity contribution in [1.29, 1.82) is 0 Å². The fourth-order valence-corrected chi connectivity index (χ4v) is 1.50. The van der Waals surface area contributed by atoms with Gasteiger partial charge in [-0.3, -0.25) is 0 Å². The molecule has 1 atom stereocenters. The third-order valence-electron chi connectivity index (χ3n) is 2.19. The number of carbonyl (C=O) groups is 1. The standard InChI is InChI=1S/C13H21N3O/c1-9(14)10-7-5-6-8-11(10)15-12(17)16-13(2,3)4/h5-9H,14H2,1-4H3,(H2,15,16,17). The topological polar surface area (TPSA) is 67.1 Å². The minimum absolute atomic E-state index is 0.110. The van der Waals surface area contributed by atoms with Crippen molar-refractivity contribution < 1.29 is 4.79 Å². The Hall–Kier alpha value is -1.55. The van der Waals surface area contributed by atoms with E-state index in [1.165, 1.54) is 0 Å². The van der Waals surface area contributed by atoms with Crippen molar-refractivity contribution in [3.63, 3.8) is 0 Å². The van der Waals surface area contributed by atoms with E-state index < -0.39 is 0 Å². The first kappa shape index (κ1) is 13.5. The second kappa shape index (κ2) is 5.19. The third kappa shape index (κ3) is 4.44. The second-order valence-electron chi connectivity index (χ2n) is 5.21. The lowest BCUT2D eigenvalue weighted by Gasteiger charge is -2.22. The van der Waals surface area contributed by atoms with Crippen LogP contribution in [0.15, 0.2) is 24.3 Å². The van der Waals surface area contributed by atoms with Gasteiger partial charge in [-0.15, -0.1) is 0 Å². The van der Waals surface area contributed by atoms with Crippen LogP contribution < -0.4 is 16.4 Å². The molecule has 0 saturated heterocycles. The minimum atomic E-state index is -0.257. The van der Waals surface area contributed by atoms with Crippen LogP contribution >= 0.6 is 0 Å². The first-order chi connectivity index (χ1) is 7.79. The summed E-state index contributed by atoms with van der Waals surface area (Å²) >= 11 is 0. The van der Waals surface area contributed by atoms with Gasteiger partial charge >= 0.3 is 6.03 Å². The van der Waals surface area contributed by atoms with Gasteiger partial charge in [0.15, 0.2) is 0 Å². The molecule has 0 aliphatic rings. The molecule has 4 nitrogen and oxygen atoms in total. The number of nitrogens with two attached hydrogens (primary N) is 1. The van der Waals surface area contributed by atoms with Gasteiger partial charge in [-0.1, -0.05) is 18.2 Å². The van der Waals surface area contributed by atoms with Crippen molar-refractivity contribution in [2.45, 2.75) is 39.3 Å². The van der Waals surface area contributed by atoms with Crippen molar-refractivity contribution in [3.05, 3.63) is 29.8 Å². The molecule has 1 aromatic rings. The maximum Gasteiger partial charge on any atom is 0.319 e. The van der Waals surface area contributed by atoms with Crippen LogP contribution in [0.2, 0.25) is 0 Å². The number of anilines is 1. The maximum atomic E-state index is 11.7. The van der Waals surface area contributed by atoms with Gasteiger partial charge in [-0.2, -0.15) is 0 Å². The van der Waals surface area contributed by atoms with Crippen molar-refractivity contribution >= 4 is 11.7 Å². The molecule has 0 aliphatic carbocycles. The molecule has 0 bridgehead atoms. The highest BCUT2D eigenvalue weighted by molar-refractivity contribution is 5.90. The second-order valence-corrected chi connectivity index (χ2v) is 5.21. The molecule has 0 spiro atoms. The molecule has 4 N–H and O–H groups in total. The van der Waals surface area contributed by atoms with Gasteiger partial charge in [0.05, 0.1) is 0 Å². The molecule has 1 rings (SSSR count). The highest BCUT2D eigenvalue weighted by Gasteiger charge is 2.15. The zero-order chi connectivity index (χ0) is 13.1. The molecule has 0 radical (unpaired) electrons. The Morgan fingerprint density at radius 1 is 1.29 bits per heavy atom. The predicted molar refractivity (Wildman–Crippen MR) is 71.0 cm³/mol. The summed E-state index contributed by atoms with van der Waals surface area (Å²) in [7, 11) is 0. The van der Waals surface area contributed by atoms with Crippen LogP contribution in [0.4, 0.5) is 10.5 Å². The van der Waals surface area contributed by atoms with Crippen LogP contribution in [0.3, 0.4) is 0 Å². The fraction of sp³-hybridized carbons (Fsp3) is 0.462. The zero-order valence-corrected chi connectivity index (χ0v) is 10.9. The van der Waals surface area contributed by atoms with Gasteiger partial charge in [-0.25, -0.2) is 4.79 Å². The Bertz CT molecular complexity index is 394. The molecule has 17 heavy (non-hydrogen) atoms.